The van der Waals surface area contributed by atoms with Gasteiger partial charge in [-0.3, -0.25) is 9.36 Å². The third-order valence-corrected chi connectivity index (χ3v) is 4.39. The van der Waals surface area contributed by atoms with Crippen molar-refractivity contribution in [1.82, 2.24) is 9.55 Å². The summed E-state index contributed by atoms with van der Waals surface area (Å²) in [7, 11) is 1.69. The highest BCUT2D eigenvalue weighted by molar-refractivity contribution is 9.10. The monoisotopic (exact) mass is 339 g/mol. The Balaban J connectivity index is 2.25. The molecule has 0 aliphatic carbocycles. The Labute approximate surface area is 124 Å². The third-order valence-electron chi connectivity index (χ3n) is 3.78. The van der Waals surface area contributed by atoms with E-state index in [1.807, 2.05) is 0 Å². The maximum Gasteiger partial charge on any atom is 0.262 e. The Kier molecular flexibility index (Phi) is 3.28. The molecule has 0 amide bonds. The first kappa shape index (κ1) is 13.5. The van der Waals surface area contributed by atoms with Crippen LogP contribution in [0.3, 0.4) is 0 Å². The Morgan fingerprint density at radius 1 is 1.45 bits per heavy atom. The zero-order chi connectivity index (χ0) is 14.4. The van der Waals surface area contributed by atoms with Gasteiger partial charge in [0.15, 0.2) is 0 Å². The van der Waals surface area contributed by atoms with Crippen LogP contribution in [0.4, 0.5) is 10.3 Å². The van der Waals surface area contributed by atoms with Gasteiger partial charge in [-0.1, -0.05) is 6.92 Å². The first-order valence-corrected chi connectivity index (χ1v) is 7.37. The lowest BCUT2D eigenvalue weighted by Gasteiger charge is -2.20. The summed E-state index contributed by atoms with van der Waals surface area (Å²) in [4.78, 5) is 19.1. The Bertz CT molecular complexity index is 743. The summed E-state index contributed by atoms with van der Waals surface area (Å²) in [5, 5.41) is 0.301. The van der Waals surface area contributed by atoms with Crippen LogP contribution in [0.1, 0.15) is 13.3 Å². The summed E-state index contributed by atoms with van der Waals surface area (Å²) < 4.78 is 15.5. The van der Waals surface area contributed by atoms with E-state index in [4.69, 9.17) is 0 Å². The molecular formula is C14H15BrFN3O. The molecule has 2 aromatic rings. The van der Waals surface area contributed by atoms with Gasteiger partial charge in [0.1, 0.15) is 5.82 Å². The van der Waals surface area contributed by atoms with Crippen molar-refractivity contribution in [2.75, 3.05) is 18.0 Å². The van der Waals surface area contributed by atoms with Gasteiger partial charge >= 0.3 is 0 Å². The number of anilines is 1. The largest absolute Gasteiger partial charge is 0.342 e. The first-order valence-electron chi connectivity index (χ1n) is 6.58. The number of nitrogens with zero attached hydrogens (tertiary/aromatic N) is 3. The zero-order valence-electron chi connectivity index (χ0n) is 11.4. The second-order valence-electron chi connectivity index (χ2n) is 5.40. The van der Waals surface area contributed by atoms with Gasteiger partial charge in [0.2, 0.25) is 5.95 Å². The summed E-state index contributed by atoms with van der Waals surface area (Å²) >= 11 is 3.29. The molecule has 0 saturated carbocycles. The van der Waals surface area contributed by atoms with E-state index < -0.39 is 5.82 Å². The van der Waals surface area contributed by atoms with Crippen LogP contribution in [-0.4, -0.2) is 22.6 Å². The molecule has 6 heteroatoms. The highest BCUT2D eigenvalue weighted by Gasteiger charge is 2.23. The average molecular weight is 340 g/mol. The van der Waals surface area contributed by atoms with Gasteiger partial charge in [-0.2, -0.15) is 0 Å². The quantitative estimate of drug-likeness (QED) is 0.801. The van der Waals surface area contributed by atoms with E-state index in [1.54, 1.807) is 7.05 Å². The molecule has 4 nitrogen and oxygen atoms in total. The van der Waals surface area contributed by atoms with E-state index in [-0.39, 0.29) is 5.56 Å². The molecule has 0 N–H and O–H groups in total. The number of hydrogen-bond donors (Lipinski definition) is 0. The fourth-order valence-corrected chi connectivity index (χ4v) is 3.21. The molecule has 20 heavy (non-hydrogen) atoms. The van der Waals surface area contributed by atoms with Crippen molar-refractivity contribution in [1.29, 1.82) is 0 Å². The third kappa shape index (κ3) is 2.12. The van der Waals surface area contributed by atoms with Gasteiger partial charge < -0.3 is 4.90 Å². The number of aromatic nitrogens is 2. The summed E-state index contributed by atoms with van der Waals surface area (Å²) in [6.07, 6.45) is 1.10. The SMILES string of the molecule is CC1CCN(c2nc3c(Br)cc(F)cc3c(=O)n2C)C1. The van der Waals surface area contributed by atoms with E-state index in [0.717, 1.165) is 19.5 Å². The van der Waals surface area contributed by atoms with Gasteiger partial charge in [0, 0.05) is 24.6 Å². The van der Waals surface area contributed by atoms with Crippen molar-refractivity contribution in [2.45, 2.75) is 13.3 Å². The second-order valence-corrected chi connectivity index (χ2v) is 6.25. The van der Waals surface area contributed by atoms with Gasteiger partial charge in [0.05, 0.1) is 10.9 Å². The molecule has 1 aromatic heterocycles. The van der Waals surface area contributed by atoms with Crippen LogP contribution in [0.5, 0.6) is 0 Å². The molecule has 0 spiro atoms. The topological polar surface area (TPSA) is 38.1 Å². The lowest BCUT2D eigenvalue weighted by atomic mass is 10.2. The molecule has 106 valence electrons. The molecule has 1 aliphatic rings. The molecule has 1 unspecified atom stereocenters. The number of halogens is 2. The standard InChI is InChI=1S/C14H15BrFN3O/c1-8-3-4-19(7-8)14-17-12-10(13(20)18(14)2)5-9(16)6-11(12)15/h5-6,8H,3-4,7H2,1-2H3. The minimum absolute atomic E-state index is 0.218. The lowest BCUT2D eigenvalue weighted by Crippen LogP contribution is -2.30. The smallest absolute Gasteiger partial charge is 0.262 e. The average Bonchev–Trinajstić information content (AvgIpc) is 2.81. The van der Waals surface area contributed by atoms with Crippen LogP contribution in [0.2, 0.25) is 0 Å². The minimum Gasteiger partial charge on any atom is -0.342 e. The summed E-state index contributed by atoms with van der Waals surface area (Å²) in [6, 6.07) is 2.58. The molecular weight excluding hydrogens is 325 g/mol. The molecule has 1 aliphatic heterocycles. The van der Waals surface area contributed by atoms with Crippen LogP contribution in [0, 0.1) is 11.7 Å². The molecule has 0 bridgehead atoms. The molecule has 2 heterocycles. The maximum atomic E-state index is 13.4. The second kappa shape index (κ2) is 4.84. The Hall–Kier alpha value is -1.43. The van der Waals surface area contributed by atoms with Crippen molar-refractivity contribution in [2.24, 2.45) is 13.0 Å². The van der Waals surface area contributed by atoms with Crippen molar-refractivity contribution in [3.05, 3.63) is 32.8 Å². The van der Waals surface area contributed by atoms with Crippen LogP contribution in [0.15, 0.2) is 21.4 Å². The van der Waals surface area contributed by atoms with Crippen molar-refractivity contribution in [3.8, 4) is 0 Å². The van der Waals surface area contributed by atoms with E-state index >= 15 is 0 Å². The van der Waals surface area contributed by atoms with Gasteiger partial charge in [-0.05, 0) is 40.4 Å². The minimum atomic E-state index is -0.439. The first-order chi connectivity index (χ1) is 9.47. The number of fused-ring (bicyclic) bond motifs is 1. The summed E-state index contributed by atoms with van der Waals surface area (Å²) in [5.41, 5.74) is 0.300. The number of benzene rings is 1. The van der Waals surface area contributed by atoms with Crippen molar-refractivity contribution >= 4 is 32.8 Å². The van der Waals surface area contributed by atoms with E-state index in [2.05, 4.69) is 32.7 Å². The normalized spacial score (nSPS) is 19.0. The molecule has 0 radical (unpaired) electrons. The fraction of sp³-hybridized carbons (Fsp3) is 0.429. The number of rotatable bonds is 1. The number of hydrogen-bond acceptors (Lipinski definition) is 3. The zero-order valence-corrected chi connectivity index (χ0v) is 12.9. The summed E-state index contributed by atoms with van der Waals surface area (Å²) in [5.74, 6) is 0.809. The van der Waals surface area contributed by atoms with Crippen LogP contribution >= 0.6 is 15.9 Å². The van der Waals surface area contributed by atoms with Crippen LogP contribution in [0.25, 0.3) is 10.9 Å². The predicted molar refractivity (Wildman–Crippen MR) is 80.6 cm³/mol. The highest BCUT2D eigenvalue weighted by atomic mass is 79.9. The van der Waals surface area contributed by atoms with Crippen LogP contribution in [-0.2, 0) is 7.05 Å². The molecule has 3 rings (SSSR count). The fourth-order valence-electron chi connectivity index (χ4n) is 2.69. The molecule has 1 fully saturated rings. The molecule has 1 aromatic carbocycles. The Morgan fingerprint density at radius 2 is 2.20 bits per heavy atom. The van der Waals surface area contributed by atoms with Crippen molar-refractivity contribution < 1.29 is 4.39 Å². The van der Waals surface area contributed by atoms with Gasteiger partial charge in [-0.25, -0.2) is 9.37 Å². The van der Waals surface area contributed by atoms with Gasteiger partial charge in [-0.15, -0.1) is 0 Å². The molecule has 1 saturated heterocycles. The Morgan fingerprint density at radius 3 is 2.85 bits per heavy atom. The van der Waals surface area contributed by atoms with E-state index in [0.29, 0.717) is 27.2 Å². The lowest BCUT2D eigenvalue weighted by molar-refractivity contribution is 0.628. The molecule has 1 atom stereocenters. The van der Waals surface area contributed by atoms with Gasteiger partial charge in [0.25, 0.3) is 5.56 Å². The van der Waals surface area contributed by atoms with Crippen molar-refractivity contribution in [3.63, 3.8) is 0 Å². The maximum absolute atomic E-state index is 13.4. The van der Waals surface area contributed by atoms with Crippen LogP contribution < -0.4 is 10.5 Å². The van der Waals surface area contributed by atoms with E-state index in [9.17, 15) is 9.18 Å². The summed E-state index contributed by atoms with van der Waals surface area (Å²) in [6.45, 7) is 3.97. The highest BCUT2D eigenvalue weighted by Crippen LogP contribution is 2.26. The predicted octanol–water partition coefficient (Wildman–Crippen LogP) is 2.68. The van der Waals surface area contributed by atoms with E-state index in [1.165, 1.54) is 16.7 Å².